The summed E-state index contributed by atoms with van der Waals surface area (Å²) in [6, 6.07) is 8.78. The second-order valence-electron chi connectivity index (χ2n) is 6.01. The maximum atomic E-state index is 5.88. The second kappa shape index (κ2) is 6.40. The predicted molar refractivity (Wildman–Crippen MR) is 82.5 cm³/mol. The molecule has 1 saturated heterocycles. The van der Waals surface area contributed by atoms with Gasteiger partial charge in [0.15, 0.2) is 0 Å². The van der Waals surface area contributed by atoms with Crippen molar-refractivity contribution in [1.29, 1.82) is 0 Å². The fraction of sp³-hybridized carbons (Fsp3) is 0.625. The number of hydrogen-bond acceptors (Lipinski definition) is 3. The summed E-state index contributed by atoms with van der Waals surface area (Å²) < 4.78 is 0. The molecule has 1 heterocycles. The molecule has 1 aromatic rings. The van der Waals surface area contributed by atoms with Gasteiger partial charge in [0.2, 0.25) is 0 Å². The number of likely N-dealkylation sites (tertiary alicyclic amines) is 1. The Kier molecular flexibility index (Phi) is 4.83. The van der Waals surface area contributed by atoms with Gasteiger partial charge in [-0.1, -0.05) is 12.1 Å². The van der Waals surface area contributed by atoms with Crippen LogP contribution in [-0.4, -0.2) is 38.6 Å². The largest absolute Gasteiger partial charge is 0.374 e. The first kappa shape index (κ1) is 14.4. The first-order chi connectivity index (χ1) is 9.06. The Balaban J connectivity index is 1.90. The monoisotopic (exact) mass is 261 g/mol. The molecule has 0 radical (unpaired) electrons. The summed E-state index contributed by atoms with van der Waals surface area (Å²) in [4.78, 5) is 4.80. The standard InChI is InChI=1S/C16H27N3/c1-13(17)15-4-6-16(7-5-15)19(3)12-14-8-10-18(2)11-9-14/h4-7,13-14H,8-12,17H2,1-3H3. The minimum absolute atomic E-state index is 0.119. The van der Waals surface area contributed by atoms with Gasteiger partial charge in [0, 0.05) is 25.3 Å². The third kappa shape index (κ3) is 3.95. The fourth-order valence-corrected chi connectivity index (χ4v) is 2.77. The van der Waals surface area contributed by atoms with E-state index in [-0.39, 0.29) is 6.04 Å². The number of hydrogen-bond donors (Lipinski definition) is 1. The summed E-state index contributed by atoms with van der Waals surface area (Å²) in [6.45, 7) is 5.66. The Morgan fingerprint density at radius 3 is 2.37 bits per heavy atom. The lowest BCUT2D eigenvalue weighted by molar-refractivity contribution is 0.222. The molecular formula is C16H27N3. The molecule has 2 rings (SSSR count). The number of anilines is 1. The lowest BCUT2D eigenvalue weighted by Crippen LogP contribution is -2.35. The molecule has 0 bridgehead atoms. The lowest BCUT2D eigenvalue weighted by Gasteiger charge is -2.32. The molecule has 0 aromatic heterocycles. The van der Waals surface area contributed by atoms with Crippen LogP contribution in [0.5, 0.6) is 0 Å². The van der Waals surface area contributed by atoms with Crippen molar-refractivity contribution in [2.75, 3.05) is 38.6 Å². The van der Waals surface area contributed by atoms with E-state index in [1.54, 1.807) is 0 Å². The normalized spacial score (nSPS) is 19.4. The molecule has 3 nitrogen and oxygen atoms in total. The molecule has 1 aromatic carbocycles. The molecule has 1 aliphatic rings. The van der Waals surface area contributed by atoms with Crippen LogP contribution in [0.2, 0.25) is 0 Å². The molecule has 0 amide bonds. The average Bonchev–Trinajstić information content (AvgIpc) is 2.41. The Morgan fingerprint density at radius 1 is 1.26 bits per heavy atom. The number of rotatable bonds is 4. The third-order valence-corrected chi connectivity index (χ3v) is 4.23. The summed E-state index contributed by atoms with van der Waals surface area (Å²) in [5, 5.41) is 0. The first-order valence-electron chi connectivity index (χ1n) is 7.31. The van der Waals surface area contributed by atoms with E-state index in [1.807, 2.05) is 6.92 Å². The van der Waals surface area contributed by atoms with Gasteiger partial charge in [-0.2, -0.15) is 0 Å². The quantitative estimate of drug-likeness (QED) is 0.904. The van der Waals surface area contributed by atoms with Crippen molar-refractivity contribution < 1.29 is 0 Å². The van der Waals surface area contributed by atoms with Crippen molar-refractivity contribution in [3.63, 3.8) is 0 Å². The summed E-state index contributed by atoms with van der Waals surface area (Å²) >= 11 is 0. The van der Waals surface area contributed by atoms with Crippen molar-refractivity contribution in [2.24, 2.45) is 11.7 Å². The lowest BCUT2D eigenvalue weighted by atomic mass is 9.96. The van der Waals surface area contributed by atoms with Gasteiger partial charge < -0.3 is 15.5 Å². The van der Waals surface area contributed by atoms with Gasteiger partial charge in [-0.3, -0.25) is 0 Å². The molecular weight excluding hydrogens is 234 g/mol. The van der Waals surface area contributed by atoms with Crippen molar-refractivity contribution in [3.8, 4) is 0 Å². The Morgan fingerprint density at radius 2 is 1.84 bits per heavy atom. The highest BCUT2D eigenvalue weighted by Crippen LogP contribution is 2.21. The van der Waals surface area contributed by atoms with Gasteiger partial charge in [-0.15, -0.1) is 0 Å². The zero-order valence-corrected chi connectivity index (χ0v) is 12.5. The predicted octanol–water partition coefficient (Wildman–Crippen LogP) is 2.48. The van der Waals surface area contributed by atoms with Crippen LogP contribution in [0, 0.1) is 5.92 Å². The summed E-state index contributed by atoms with van der Waals surface area (Å²) in [7, 11) is 4.41. The summed E-state index contributed by atoms with van der Waals surface area (Å²) in [6.07, 6.45) is 2.64. The van der Waals surface area contributed by atoms with Gasteiger partial charge in [-0.05, 0) is 63.5 Å². The summed E-state index contributed by atoms with van der Waals surface area (Å²) in [5.74, 6) is 0.828. The van der Waals surface area contributed by atoms with Crippen LogP contribution in [0.15, 0.2) is 24.3 Å². The molecule has 19 heavy (non-hydrogen) atoms. The average molecular weight is 261 g/mol. The van der Waals surface area contributed by atoms with Crippen LogP contribution in [0.3, 0.4) is 0 Å². The van der Waals surface area contributed by atoms with E-state index in [0.29, 0.717) is 0 Å². The molecule has 0 saturated carbocycles. The number of piperidine rings is 1. The molecule has 1 unspecified atom stereocenters. The highest BCUT2D eigenvalue weighted by molar-refractivity contribution is 5.47. The zero-order chi connectivity index (χ0) is 13.8. The summed E-state index contributed by atoms with van der Waals surface area (Å²) in [5.41, 5.74) is 8.38. The van der Waals surface area contributed by atoms with Gasteiger partial charge >= 0.3 is 0 Å². The van der Waals surface area contributed by atoms with Crippen molar-refractivity contribution >= 4 is 5.69 Å². The molecule has 0 spiro atoms. The van der Waals surface area contributed by atoms with Crippen LogP contribution in [-0.2, 0) is 0 Å². The number of nitrogens with zero attached hydrogens (tertiary/aromatic N) is 2. The van der Waals surface area contributed by atoms with Crippen molar-refractivity contribution in [3.05, 3.63) is 29.8 Å². The molecule has 2 N–H and O–H groups in total. The van der Waals surface area contributed by atoms with Crippen LogP contribution in [0.1, 0.15) is 31.4 Å². The Labute approximate surface area is 117 Å². The van der Waals surface area contributed by atoms with Crippen molar-refractivity contribution in [1.82, 2.24) is 4.90 Å². The van der Waals surface area contributed by atoms with Gasteiger partial charge in [0.1, 0.15) is 0 Å². The smallest absolute Gasteiger partial charge is 0.0363 e. The number of benzene rings is 1. The third-order valence-electron chi connectivity index (χ3n) is 4.23. The van der Waals surface area contributed by atoms with E-state index < -0.39 is 0 Å². The fourth-order valence-electron chi connectivity index (χ4n) is 2.77. The Bertz CT molecular complexity index is 377. The minimum Gasteiger partial charge on any atom is -0.374 e. The molecule has 3 heteroatoms. The van der Waals surface area contributed by atoms with Crippen LogP contribution < -0.4 is 10.6 Å². The molecule has 1 aliphatic heterocycles. The molecule has 1 fully saturated rings. The van der Waals surface area contributed by atoms with Crippen LogP contribution in [0.4, 0.5) is 5.69 Å². The minimum atomic E-state index is 0.119. The topological polar surface area (TPSA) is 32.5 Å². The van der Waals surface area contributed by atoms with Gasteiger partial charge in [0.05, 0.1) is 0 Å². The zero-order valence-electron chi connectivity index (χ0n) is 12.5. The molecule has 1 atom stereocenters. The van der Waals surface area contributed by atoms with E-state index in [9.17, 15) is 0 Å². The maximum absolute atomic E-state index is 5.88. The maximum Gasteiger partial charge on any atom is 0.0363 e. The van der Waals surface area contributed by atoms with E-state index in [4.69, 9.17) is 5.73 Å². The van der Waals surface area contributed by atoms with E-state index >= 15 is 0 Å². The van der Waals surface area contributed by atoms with E-state index in [2.05, 4.69) is 48.2 Å². The molecule has 0 aliphatic carbocycles. The van der Waals surface area contributed by atoms with E-state index in [1.165, 1.54) is 37.2 Å². The van der Waals surface area contributed by atoms with Gasteiger partial charge in [0.25, 0.3) is 0 Å². The second-order valence-corrected chi connectivity index (χ2v) is 6.01. The Hall–Kier alpha value is -1.06. The first-order valence-corrected chi connectivity index (χ1v) is 7.31. The highest BCUT2D eigenvalue weighted by atomic mass is 15.1. The number of nitrogens with two attached hydrogens (primary N) is 1. The van der Waals surface area contributed by atoms with Crippen LogP contribution >= 0.6 is 0 Å². The van der Waals surface area contributed by atoms with Crippen molar-refractivity contribution in [2.45, 2.75) is 25.8 Å². The van der Waals surface area contributed by atoms with Crippen LogP contribution in [0.25, 0.3) is 0 Å². The van der Waals surface area contributed by atoms with Gasteiger partial charge in [-0.25, -0.2) is 0 Å². The highest BCUT2D eigenvalue weighted by Gasteiger charge is 2.18. The SMILES string of the molecule is CC(N)c1ccc(N(C)CC2CCN(C)CC2)cc1. The molecule has 106 valence electrons. The van der Waals surface area contributed by atoms with E-state index in [0.717, 1.165) is 12.5 Å².